The van der Waals surface area contributed by atoms with Crippen molar-refractivity contribution in [2.75, 3.05) is 0 Å². The van der Waals surface area contributed by atoms with Gasteiger partial charge in [-0.2, -0.15) is 0 Å². The lowest BCUT2D eigenvalue weighted by Crippen LogP contribution is -2.02. The maximum atomic E-state index is 9.91. The van der Waals surface area contributed by atoms with Crippen LogP contribution >= 0.6 is 15.9 Å². The van der Waals surface area contributed by atoms with Crippen LogP contribution in [0.15, 0.2) is 41.1 Å². The molecule has 0 amide bonds. The molecule has 3 nitrogen and oxygen atoms in total. The Labute approximate surface area is 96.3 Å². The summed E-state index contributed by atoms with van der Waals surface area (Å²) in [6.45, 7) is 0. The van der Waals surface area contributed by atoms with Gasteiger partial charge in [0.1, 0.15) is 5.82 Å². The quantitative estimate of drug-likeness (QED) is 0.897. The van der Waals surface area contributed by atoms with Crippen LogP contribution in [0.1, 0.15) is 17.5 Å². The van der Waals surface area contributed by atoms with Gasteiger partial charge in [-0.25, -0.2) is 4.98 Å². The van der Waals surface area contributed by atoms with Crippen LogP contribution in [0.3, 0.4) is 0 Å². The third kappa shape index (κ3) is 2.67. The first-order chi connectivity index (χ1) is 7.25. The molecule has 78 valence electrons. The Morgan fingerprint density at radius 1 is 1.33 bits per heavy atom. The van der Waals surface area contributed by atoms with Crippen molar-refractivity contribution in [3.63, 3.8) is 0 Å². The second-order valence-corrected chi connectivity index (χ2v) is 4.22. The Balaban J connectivity index is 2.08. The summed E-state index contributed by atoms with van der Waals surface area (Å²) >= 11 is 3.36. The van der Waals surface area contributed by atoms with E-state index in [9.17, 15) is 5.11 Å². The van der Waals surface area contributed by atoms with Gasteiger partial charge in [-0.15, -0.1) is 0 Å². The van der Waals surface area contributed by atoms with Gasteiger partial charge in [-0.1, -0.05) is 28.1 Å². The number of hydrogen-bond acceptors (Lipinski definition) is 2. The molecule has 0 radical (unpaired) electrons. The number of nitrogens with zero attached hydrogens (tertiary/aromatic N) is 1. The van der Waals surface area contributed by atoms with E-state index >= 15 is 0 Å². The van der Waals surface area contributed by atoms with Crippen LogP contribution in [0.2, 0.25) is 0 Å². The average Bonchev–Trinajstić information content (AvgIpc) is 2.71. The van der Waals surface area contributed by atoms with Crippen molar-refractivity contribution in [2.45, 2.75) is 12.5 Å². The molecule has 15 heavy (non-hydrogen) atoms. The highest BCUT2D eigenvalue weighted by Crippen LogP contribution is 2.19. The first-order valence-corrected chi connectivity index (χ1v) is 5.47. The number of halogens is 1. The third-order valence-corrected chi connectivity index (χ3v) is 2.72. The Kier molecular flexibility index (Phi) is 3.18. The molecule has 2 N–H and O–H groups in total. The molecular weight excluding hydrogens is 256 g/mol. The molecule has 0 aliphatic heterocycles. The molecule has 1 heterocycles. The van der Waals surface area contributed by atoms with Crippen LogP contribution in [-0.4, -0.2) is 15.1 Å². The second-order valence-electron chi connectivity index (χ2n) is 3.31. The van der Waals surface area contributed by atoms with Crippen molar-refractivity contribution in [3.8, 4) is 0 Å². The largest absolute Gasteiger partial charge is 0.388 e. The highest BCUT2D eigenvalue weighted by molar-refractivity contribution is 9.10. The molecule has 1 aromatic heterocycles. The molecule has 0 fully saturated rings. The summed E-state index contributed by atoms with van der Waals surface area (Å²) in [5.74, 6) is 0.797. The van der Waals surface area contributed by atoms with Crippen LogP contribution < -0.4 is 0 Å². The van der Waals surface area contributed by atoms with Crippen LogP contribution in [-0.2, 0) is 6.42 Å². The van der Waals surface area contributed by atoms with Gasteiger partial charge < -0.3 is 10.1 Å². The van der Waals surface area contributed by atoms with E-state index in [4.69, 9.17) is 0 Å². The van der Waals surface area contributed by atoms with Crippen molar-refractivity contribution in [2.24, 2.45) is 0 Å². The monoisotopic (exact) mass is 266 g/mol. The molecule has 1 aromatic carbocycles. The zero-order chi connectivity index (χ0) is 10.7. The summed E-state index contributed by atoms with van der Waals surface area (Å²) in [7, 11) is 0. The minimum Gasteiger partial charge on any atom is -0.388 e. The van der Waals surface area contributed by atoms with E-state index in [-0.39, 0.29) is 0 Å². The predicted molar refractivity (Wildman–Crippen MR) is 61.4 cm³/mol. The van der Waals surface area contributed by atoms with Gasteiger partial charge in [0.25, 0.3) is 0 Å². The summed E-state index contributed by atoms with van der Waals surface area (Å²) in [5, 5.41) is 9.91. The van der Waals surface area contributed by atoms with Gasteiger partial charge in [0.2, 0.25) is 0 Å². The maximum absolute atomic E-state index is 9.91. The summed E-state index contributed by atoms with van der Waals surface area (Å²) in [5.41, 5.74) is 0.898. The predicted octanol–water partition coefficient (Wildman–Crippen LogP) is 2.45. The maximum Gasteiger partial charge on any atom is 0.108 e. The highest BCUT2D eigenvalue weighted by atomic mass is 79.9. The minimum atomic E-state index is -0.510. The van der Waals surface area contributed by atoms with E-state index in [1.165, 1.54) is 0 Å². The fourth-order valence-electron chi connectivity index (χ4n) is 1.40. The van der Waals surface area contributed by atoms with Gasteiger partial charge in [0.15, 0.2) is 0 Å². The van der Waals surface area contributed by atoms with E-state index in [1.807, 2.05) is 24.3 Å². The second kappa shape index (κ2) is 4.59. The molecule has 0 saturated heterocycles. The van der Waals surface area contributed by atoms with Crippen molar-refractivity contribution in [1.29, 1.82) is 0 Å². The lowest BCUT2D eigenvalue weighted by atomic mass is 10.1. The summed E-state index contributed by atoms with van der Waals surface area (Å²) in [6.07, 6.45) is 3.44. The highest BCUT2D eigenvalue weighted by Gasteiger charge is 2.09. The molecule has 2 aromatic rings. The first kappa shape index (κ1) is 10.4. The van der Waals surface area contributed by atoms with E-state index < -0.39 is 6.10 Å². The van der Waals surface area contributed by atoms with Crippen molar-refractivity contribution in [3.05, 3.63) is 52.5 Å². The van der Waals surface area contributed by atoms with Crippen molar-refractivity contribution in [1.82, 2.24) is 9.97 Å². The molecule has 0 aliphatic carbocycles. The van der Waals surface area contributed by atoms with Gasteiger partial charge in [0.05, 0.1) is 6.10 Å². The van der Waals surface area contributed by atoms with E-state index in [2.05, 4.69) is 25.9 Å². The molecule has 4 heteroatoms. The summed E-state index contributed by atoms with van der Waals surface area (Å²) in [6, 6.07) is 7.64. The van der Waals surface area contributed by atoms with Gasteiger partial charge in [-0.05, 0) is 17.7 Å². The number of imidazole rings is 1. The Morgan fingerprint density at radius 3 is 2.67 bits per heavy atom. The van der Waals surface area contributed by atoms with E-state index in [0.29, 0.717) is 6.42 Å². The number of aromatic amines is 1. The zero-order valence-electron chi connectivity index (χ0n) is 8.02. The molecule has 2 rings (SSSR count). The van der Waals surface area contributed by atoms with Crippen LogP contribution in [0.5, 0.6) is 0 Å². The number of aliphatic hydroxyl groups is 1. The lowest BCUT2D eigenvalue weighted by Gasteiger charge is -2.09. The SMILES string of the molecule is OC(Cc1ncc[nH]1)c1ccc(Br)cc1. The number of aromatic nitrogens is 2. The fourth-order valence-corrected chi connectivity index (χ4v) is 1.66. The van der Waals surface area contributed by atoms with Crippen molar-refractivity contribution < 1.29 is 5.11 Å². The normalized spacial score (nSPS) is 12.7. The Hall–Kier alpha value is -1.13. The molecule has 0 bridgehead atoms. The smallest absolute Gasteiger partial charge is 0.108 e. The lowest BCUT2D eigenvalue weighted by molar-refractivity contribution is 0.176. The fraction of sp³-hybridized carbons (Fsp3) is 0.182. The van der Waals surface area contributed by atoms with E-state index in [1.54, 1.807) is 12.4 Å². The molecule has 0 saturated carbocycles. The zero-order valence-corrected chi connectivity index (χ0v) is 9.61. The molecule has 0 aliphatic rings. The van der Waals surface area contributed by atoms with Gasteiger partial charge >= 0.3 is 0 Å². The first-order valence-electron chi connectivity index (χ1n) is 4.67. The topological polar surface area (TPSA) is 48.9 Å². The minimum absolute atomic E-state index is 0.509. The number of nitrogens with one attached hydrogen (secondary N) is 1. The average molecular weight is 267 g/mol. The van der Waals surface area contributed by atoms with Crippen molar-refractivity contribution >= 4 is 15.9 Å². The molecular formula is C11H11BrN2O. The summed E-state index contributed by atoms with van der Waals surface area (Å²) in [4.78, 5) is 7.04. The van der Waals surface area contributed by atoms with Crippen LogP contribution in [0.25, 0.3) is 0 Å². The number of aliphatic hydroxyl groups excluding tert-OH is 1. The number of benzene rings is 1. The van der Waals surface area contributed by atoms with Gasteiger partial charge in [0, 0.05) is 23.3 Å². The summed E-state index contributed by atoms with van der Waals surface area (Å²) < 4.78 is 1.01. The third-order valence-electron chi connectivity index (χ3n) is 2.20. The van der Waals surface area contributed by atoms with Crippen LogP contribution in [0.4, 0.5) is 0 Å². The number of H-pyrrole nitrogens is 1. The van der Waals surface area contributed by atoms with Crippen LogP contribution in [0, 0.1) is 0 Å². The molecule has 0 spiro atoms. The standard InChI is InChI=1S/C11H11BrN2O/c12-9-3-1-8(2-4-9)10(15)7-11-13-5-6-14-11/h1-6,10,15H,7H2,(H,13,14). The Bertz CT molecular complexity index is 411. The molecule has 1 unspecified atom stereocenters. The van der Waals surface area contributed by atoms with E-state index in [0.717, 1.165) is 15.9 Å². The number of hydrogen-bond donors (Lipinski definition) is 2. The van der Waals surface area contributed by atoms with Gasteiger partial charge in [-0.3, -0.25) is 0 Å². The Morgan fingerprint density at radius 2 is 2.07 bits per heavy atom. The molecule has 1 atom stereocenters. The number of rotatable bonds is 3.